The largest absolute Gasteiger partial charge is 0.331 e. The highest BCUT2D eigenvalue weighted by molar-refractivity contribution is 5.77. The van der Waals surface area contributed by atoms with Crippen molar-refractivity contribution < 1.29 is 0 Å². The smallest absolute Gasteiger partial charge is 0.112 e. The summed E-state index contributed by atoms with van der Waals surface area (Å²) in [5.41, 5.74) is 9.94. The average molecular weight is 269 g/mol. The fourth-order valence-corrected chi connectivity index (χ4v) is 3.65. The molecule has 4 rings (SSSR count). The van der Waals surface area contributed by atoms with Gasteiger partial charge in [-0.25, -0.2) is 4.98 Å². The van der Waals surface area contributed by atoms with E-state index in [0.717, 1.165) is 12.8 Å². The van der Waals surface area contributed by atoms with Crippen molar-refractivity contribution >= 4 is 11.0 Å². The highest BCUT2D eigenvalue weighted by Crippen LogP contribution is 2.41. The molecule has 2 saturated carbocycles. The van der Waals surface area contributed by atoms with E-state index in [4.69, 9.17) is 10.7 Å². The summed E-state index contributed by atoms with van der Waals surface area (Å²) in [5, 5.41) is 0. The van der Waals surface area contributed by atoms with Crippen LogP contribution in [0.15, 0.2) is 18.2 Å². The number of nitrogens with two attached hydrogens (primary N) is 1. The third-order valence-corrected chi connectivity index (χ3v) is 5.13. The molecule has 0 atom stereocenters. The Bertz CT molecular complexity index is 631. The van der Waals surface area contributed by atoms with Crippen LogP contribution in [-0.2, 0) is 7.05 Å². The second-order valence-corrected chi connectivity index (χ2v) is 6.66. The normalized spacial score (nSPS) is 27.1. The number of aromatic nitrogens is 2. The van der Waals surface area contributed by atoms with Gasteiger partial charge < -0.3 is 10.3 Å². The predicted molar refractivity (Wildman–Crippen MR) is 81.9 cm³/mol. The molecule has 0 radical (unpaired) electrons. The molecule has 3 nitrogen and oxygen atoms in total. The highest BCUT2D eigenvalue weighted by Gasteiger charge is 2.29. The van der Waals surface area contributed by atoms with Gasteiger partial charge in [-0.05, 0) is 62.1 Å². The van der Waals surface area contributed by atoms with Gasteiger partial charge in [0.2, 0.25) is 0 Å². The molecule has 3 heteroatoms. The van der Waals surface area contributed by atoms with Crippen molar-refractivity contribution in [3.63, 3.8) is 0 Å². The van der Waals surface area contributed by atoms with Crippen molar-refractivity contribution in [3.8, 4) is 0 Å². The van der Waals surface area contributed by atoms with Crippen molar-refractivity contribution in [1.29, 1.82) is 0 Å². The molecule has 2 aromatic rings. The number of rotatable bonds is 2. The lowest BCUT2D eigenvalue weighted by atomic mass is 9.82. The molecule has 0 saturated heterocycles. The number of imidazole rings is 1. The van der Waals surface area contributed by atoms with Gasteiger partial charge in [-0.2, -0.15) is 0 Å². The van der Waals surface area contributed by atoms with Crippen LogP contribution in [0.1, 0.15) is 61.7 Å². The third kappa shape index (κ3) is 2.05. The summed E-state index contributed by atoms with van der Waals surface area (Å²) in [7, 11) is 2.16. The maximum Gasteiger partial charge on any atom is 0.112 e. The molecule has 20 heavy (non-hydrogen) atoms. The SMILES string of the molecule is Cn1c(C2CC2)nc2cc(C3CCC(N)CC3)ccc21. The first-order chi connectivity index (χ1) is 9.72. The number of nitrogens with zero attached hydrogens (tertiary/aromatic N) is 2. The Morgan fingerprint density at radius 1 is 1.05 bits per heavy atom. The van der Waals surface area contributed by atoms with Crippen LogP contribution in [0, 0.1) is 0 Å². The molecule has 106 valence electrons. The first-order valence-corrected chi connectivity index (χ1v) is 7.94. The third-order valence-electron chi connectivity index (χ3n) is 5.13. The van der Waals surface area contributed by atoms with E-state index in [1.807, 2.05) is 0 Å². The Labute approximate surface area is 120 Å². The lowest BCUT2D eigenvalue weighted by molar-refractivity contribution is 0.396. The second kappa shape index (κ2) is 4.59. The molecular weight excluding hydrogens is 246 g/mol. The summed E-state index contributed by atoms with van der Waals surface area (Å²) in [4.78, 5) is 4.88. The van der Waals surface area contributed by atoms with E-state index < -0.39 is 0 Å². The Kier molecular flexibility index (Phi) is 2.84. The summed E-state index contributed by atoms with van der Waals surface area (Å²) >= 11 is 0. The summed E-state index contributed by atoms with van der Waals surface area (Å²) < 4.78 is 2.29. The Hall–Kier alpha value is -1.35. The van der Waals surface area contributed by atoms with Crippen LogP contribution < -0.4 is 5.73 Å². The summed E-state index contributed by atoms with van der Waals surface area (Å²) in [6, 6.07) is 7.31. The zero-order valence-corrected chi connectivity index (χ0v) is 12.2. The molecule has 1 aromatic heterocycles. The van der Waals surface area contributed by atoms with E-state index >= 15 is 0 Å². The van der Waals surface area contributed by atoms with Crippen molar-refractivity contribution in [2.75, 3.05) is 0 Å². The minimum absolute atomic E-state index is 0.423. The van der Waals surface area contributed by atoms with E-state index in [0.29, 0.717) is 17.9 Å². The van der Waals surface area contributed by atoms with E-state index in [2.05, 4.69) is 29.8 Å². The topological polar surface area (TPSA) is 43.8 Å². The van der Waals surface area contributed by atoms with E-state index in [-0.39, 0.29) is 0 Å². The molecule has 0 amide bonds. The van der Waals surface area contributed by atoms with Gasteiger partial charge in [-0.1, -0.05) is 6.07 Å². The van der Waals surface area contributed by atoms with Gasteiger partial charge in [0.25, 0.3) is 0 Å². The Morgan fingerprint density at radius 3 is 2.45 bits per heavy atom. The van der Waals surface area contributed by atoms with Crippen LogP contribution in [0.4, 0.5) is 0 Å². The van der Waals surface area contributed by atoms with Gasteiger partial charge in [-0.3, -0.25) is 0 Å². The Balaban J connectivity index is 1.68. The average Bonchev–Trinajstić information content (AvgIpc) is 3.25. The molecule has 2 aliphatic rings. The summed E-state index contributed by atoms with van der Waals surface area (Å²) in [5.74, 6) is 2.68. The molecule has 0 bridgehead atoms. The quantitative estimate of drug-likeness (QED) is 0.907. The van der Waals surface area contributed by atoms with Gasteiger partial charge in [-0.15, -0.1) is 0 Å². The van der Waals surface area contributed by atoms with Crippen molar-refractivity contribution in [3.05, 3.63) is 29.6 Å². The van der Waals surface area contributed by atoms with E-state index in [9.17, 15) is 0 Å². The summed E-state index contributed by atoms with van der Waals surface area (Å²) in [6.07, 6.45) is 7.41. The monoisotopic (exact) mass is 269 g/mol. The molecule has 2 aliphatic carbocycles. The molecule has 0 unspecified atom stereocenters. The molecule has 0 aliphatic heterocycles. The zero-order chi connectivity index (χ0) is 13.7. The van der Waals surface area contributed by atoms with Gasteiger partial charge in [0.1, 0.15) is 5.82 Å². The van der Waals surface area contributed by atoms with Crippen LogP contribution in [0.2, 0.25) is 0 Å². The molecule has 1 heterocycles. The molecule has 0 spiro atoms. The first kappa shape index (κ1) is 12.4. The first-order valence-electron chi connectivity index (χ1n) is 7.94. The number of aryl methyl sites for hydroxylation is 1. The number of fused-ring (bicyclic) bond motifs is 1. The number of hydrogen-bond acceptors (Lipinski definition) is 2. The van der Waals surface area contributed by atoms with Gasteiger partial charge in [0, 0.05) is 19.0 Å². The van der Waals surface area contributed by atoms with E-state index in [1.165, 1.54) is 48.1 Å². The minimum atomic E-state index is 0.423. The highest BCUT2D eigenvalue weighted by atomic mass is 15.1. The summed E-state index contributed by atoms with van der Waals surface area (Å²) in [6.45, 7) is 0. The van der Waals surface area contributed by atoms with Gasteiger partial charge in [0.15, 0.2) is 0 Å². The minimum Gasteiger partial charge on any atom is -0.331 e. The maximum atomic E-state index is 6.01. The standard InChI is InChI=1S/C17H23N3/c1-20-16-9-6-13(11-4-7-14(18)8-5-11)10-15(16)19-17(20)12-2-3-12/h6,9-12,14H,2-5,7-8,18H2,1H3. The zero-order valence-electron chi connectivity index (χ0n) is 12.2. The van der Waals surface area contributed by atoms with Crippen LogP contribution >= 0.6 is 0 Å². The van der Waals surface area contributed by atoms with Crippen LogP contribution in [0.3, 0.4) is 0 Å². The van der Waals surface area contributed by atoms with Crippen molar-refractivity contribution in [2.45, 2.75) is 56.4 Å². The van der Waals surface area contributed by atoms with E-state index in [1.54, 1.807) is 0 Å². The second-order valence-electron chi connectivity index (χ2n) is 6.66. The molecule has 2 N–H and O–H groups in total. The fraction of sp³-hybridized carbons (Fsp3) is 0.588. The number of benzene rings is 1. The lowest BCUT2D eigenvalue weighted by Gasteiger charge is -2.26. The van der Waals surface area contributed by atoms with Crippen LogP contribution in [0.25, 0.3) is 11.0 Å². The van der Waals surface area contributed by atoms with Crippen molar-refractivity contribution in [2.24, 2.45) is 12.8 Å². The van der Waals surface area contributed by atoms with Gasteiger partial charge in [0.05, 0.1) is 11.0 Å². The fourth-order valence-electron chi connectivity index (χ4n) is 3.65. The molecule has 2 fully saturated rings. The molecule has 1 aromatic carbocycles. The molecular formula is C17H23N3. The lowest BCUT2D eigenvalue weighted by Crippen LogP contribution is -2.25. The predicted octanol–water partition coefficient (Wildman–Crippen LogP) is 3.44. The Morgan fingerprint density at radius 2 is 1.75 bits per heavy atom. The van der Waals surface area contributed by atoms with Gasteiger partial charge >= 0.3 is 0 Å². The maximum absolute atomic E-state index is 6.01. The van der Waals surface area contributed by atoms with Crippen LogP contribution in [0.5, 0.6) is 0 Å². The van der Waals surface area contributed by atoms with Crippen molar-refractivity contribution in [1.82, 2.24) is 9.55 Å². The van der Waals surface area contributed by atoms with Crippen LogP contribution in [-0.4, -0.2) is 15.6 Å². The number of hydrogen-bond donors (Lipinski definition) is 1.